The molecule has 2 aliphatic rings. The lowest BCUT2D eigenvalue weighted by Gasteiger charge is -2.24. The highest BCUT2D eigenvalue weighted by Crippen LogP contribution is 2.44. The standard InChI is InChI=1S/C13H15N5O2/c1-7-15-16-12-11(14-4-5-17(7)12)18-8-2-3-10(18)9(6-8)13(19)20/h4-5,8-10H,2-3,6H2,1H3,(H,19,20). The molecule has 4 heterocycles. The molecule has 3 unspecified atom stereocenters. The summed E-state index contributed by atoms with van der Waals surface area (Å²) in [7, 11) is 0. The van der Waals surface area contributed by atoms with Gasteiger partial charge in [0.1, 0.15) is 5.82 Å². The zero-order valence-electron chi connectivity index (χ0n) is 11.1. The third-order valence-corrected chi connectivity index (χ3v) is 4.58. The van der Waals surface area contributed by atoms with E-state index in [1.54, 1.807) is 6.20 Å². The summed E-state index contributed by atoms with van der Waals surface area (Å²) < 4.78 is 1.90. The normalized spacial score (nSPS) is 28.4. The summed E-state index contributed by atoms with van der Waals surface area (Å²) >= 11 is 0. The molecule has 0 aromatic carbocycles. The molecule has 2 aromatic heterocycles. The van der Waals surface area contributed by atoms with Crippen LogP contribution >= 0.6 is 0 Å². The molecule has 0 saturated carbocycles. The molecule has 20 heavy (non-hydrogen) atoms. The second-order valence-electron chi connectivity index (χ2n) is 5.58. The highest BCUT2D eigenvalue weighted by atomic mass is 16.4. The van der Waals surface area contributed by atoms with Gasteiger partial charge in [-0.3, -0.25) is 9.20 Å². The number of anilines is 1. The van der Waals surface area contributed by atoms with Crippen molar-refractivity contribution in [2.45, 2.75) is 38.3 Å². The first kappa shape index (κ1) is 11.6. The Hall–Kier alpha value is -2.18. The Morgan fingerprint density at radius 3 is 3.00 bits per heavy atom. The molecule has 2 aliphatic heterocycles. The van der Waals surface area contributed by atoms with Gasteiger partial charge in [0.15, 0.2) is 5.82 Å². The van der Waals surface area contributed by atoms with Crippen LogP contribution in [0.5, 0.6) is 0 Å². The number of carboxylic acids is 1. The van der Waals surface area contributed by atoms with Gasteiger partial charge in [-0.25, -0.2) is 4.98 Å². The predicted octanol–water partition coefficient (Wildman–Crippen LogP) is 0.875. The molecule has 0 amide bonds. The lowest BCUT2D eigenvalue weighted by molar-refractivity contribution is -0.142. The molecule has 4 rings (SSSR count). The highest BCUT2D eigenvalue weighted by molar-refractivity contribution is 5.75. The Labute approximate surface area is 115 Å². The summed E-state index contributed by atoms with van der Waals surface area (Å²) in [5.41, 5.74) is 0.716. The first-order chi connectivity index (χ1) is 9.66. The number of fused-ring (bicyclic) bond motifs is 3. The van der Waals surface area contributed by atoms with Gasteiger partial charge in [0, 0.05) is 24.5 Å². The predicted molar refractivity (Wildman–Crippen MR) is 70.6 cm³/mol. The van der Waals surface area contributed by atoms with Crippen LogP contribution in [0.1, 0.15) is 25.1 Å². The summed E-state index contributed by atoms with van der Waals surface area (Å²) in [6.45, 7) is 1.89. The molecule has 1 N–H and O–H groups in total. The van der Waals surface area contributed by atoms with Gasteiger partial charge >= 0.3 is 5.97 Å². The van der Waals surface area contributed by atoms with E-state index in [9.17, 15) is 9.90 Å². The van der Waals surface area contributed by atoms with Gasteiger partial charge in [0.2, 0.25) is 5.65 Å². The number of carbonyl (C=O) groups is 1. The summed E-state index contributed by atoms with van der Waals surface area (Å²) in [6, 6.07) is 0.296. The Morgan fingerprint density at radius 1 is 1.40 bits per heavy atom. The number of rotatable bonds is 2. The van der Waals surface area contributed by atoms with E-state index in [0.717, 1.165) is 24.5 Å². The molecule has 0 spiro atoms. The van der Waals surface area contributed by atoms with Crippen LogP contribution in [0.4, 0.5) is 5.82 Å². The molecule has 3 atom stereocenters. The number of aliphatic carboxylic acids is 1. The third kappa shape index (κ3) is 1.40. The first-order valence-corrected chi connectivity index (χ1v) is 6.84. The van der Waals surface area contributed by atoms with E-state index in [0.29, 0.717) is 12.1 Å². The van der Waals surface area contributed by atoms with E-state index in [2.05, 4.69) is 20.1 Å². The minimum absolute atomic E-state index is 0.0354. The van der Waals surface area contributed by atoms with Crippen LogP contribution in [0.3, 0.4) is 0 Å². The van der Waals surface area contributed by atoms with Crippen LogP contribution in [0.2, 0.25) is 0 Å². The molecular weight excluding hydrogens is 258 g/mol. The fourth-order valence-electron chi connectivity index (χ4n) is 3.69. The van der Waals surface area contributed by atoms with Gasteiger partial charge < -0.3 is 10.0 Å². The maximum absolute atomic E-state index is 11.4. The first-order valence-electron chi connectivity index (χ1n) is 6.84. The van der Waals surface area contributed by atoms with E-state index in [-0.39, 0.29) is 18.0 Å². The second kappa shape index (κ2) is 3.91. The number of hydrogen-bond acceptors (Lipinski definition) is 5. The number of nitrogens with zero attached hydrogens (tertiary/aromatic N) is 5. The maximum Gasteiger partial charge on any atom is 0.308 e. The van der Waals surface area contributed by atoms with Crippen molar-refractivity contribution in [3.05, 3.63) is 18.2 Å². The zero-order valence-corrected chi connectivity index (χ0v) is 11.1. The quantitative estimate of drug-likeness (QED) is 0.874. The van der Waals surface area contributed by atoms with E-state index in [1.807, 2.05) is 17.5 Å². The van der Waals surface area contributed by atoms with Gasteiger partial charge in [0.25, 0.3) is 0 Å². The lowest BCUT2D eigenvalue weighted by atomic mass is 9.89. The average molecular weight is 273 g/mol. The van der Waals surface area contributed by atoms with Crippen molar-refractivity contribution >= 4 is 17.4 Å². The van der Waals surface area contributed by atoms with Gasteiger partial charge in [-0.05, 0) is 26.2 Å². The Morgan fingerprint density at radius 2 is 2.25 bits per heavy atom. The largest absolute Gasteiger partial charge is 0.481 e. The van der Waals surface area contributed by atoms with Crippen molar-refractivity contribution in [1.82, 2.24) is 19.6 Å². The van der Waals surface area contributed by atoms with Crippen molar-refractivity contribution in [1.29, 1.82) is 0 Å². The maximum atomic E-state index is 11.4. The van der Waals surface area contributed by atoms with Crippen molar-refractivity contribution in [2.24, 2.45) is 5.92 Å². The zero-order chi connectivity index (χ0) is 13.9. The van der Waals surface area contributed by atoms with Crippen LogP contribution in [0, 0.1) is 12.8 Å². The van der Waals surface area contributed by atoms with Crippen molar-refractivity contribution in [2.75, 3.05) is 4.90 Å². The van der Waals surface area contributed by atoms with Crippen LogP contribution in [-0.2, 0) is 4.79 Å². The van der Waals surface area contributed by atoms with Crippen molar-refractivity contribution < 1.29 is 9.90 Å². The van der Waals surface area contributed by atoms with E-state index >= 15 is 0 Å². The molecular formula is C13H15N5O2. The molecule has 2 fully saturated rings. The number of aromatic nitrogens is 4. The Bertz CT molecular complexity index is 697. The highest BCUT2D eigenvalue weighted by Gasteiger charge is 2.50. The number of aryl methyl sites for hydroxylation is 1. The van der Waals surface area contributed by atoms with E-state index in [1.165, 1.54) is 0 Å². The molecule has 0 radical (unpaired) electrons. The molecule has 104 valence electrons. The smallest absolute Gasteiger partial charge is 0.308 e. The molecule has 0 aliphatic carbocycles. The topological polar surface area (TPSA) is 83.6 Å². The SMILES string of the molecule is Cc1nnc2c(N3C4CCC3C(C(=O)O)C4)nccn12. The molecule has 2 bridgehead atoms. The third-order valence-electron chi connectivity index (χ3n) is 4.58. The summed E-state index contributed by atoms with van der Waals surface area (Å²) in [6.07, 6.45) is 6.21. The van der Waals surface area contributed by atoms with Gasteiger partial charge in [0.05, 0.1) is 5.92 Å². The average Bonchev–Trinajstić information content (AvgIpc) is 3.11. The minimum atomic E-state index is -0.702. The van der Waals surface area contributed by atoms with E-state index in [4.69, 9.17) is 0 Å². The summed E-state index contributed by atoms with van der Waals surface area (Å²) in [5.74, 6) is 0.584. The monoisotopic (exact) mass is 273 g/mol. The number of carboxylic acid groups (broad SMARTS) is 1. The lowest BCUT2D eigenvalue weighted by Crippen LogP contribution is -2.33. The van der Waals surface area contributed by atoms with Gasteiger partial charge in [-0.1, -0.05) is 0 Å². The summed E-state index contributed by atoms with van der Waals surface area (Å²) in [4.78, 5) is 18.0. The van der Waals surface area contributed by atoms with Gasteiger partial charge in [-0.2, -0.15) is 0 Å². The molecule has 7 heteroatoms. The van der Waals surface area contributed by atoms with Crippen LogP contribution < -0.4 is 4.90 Å². The molecule has 2 saturated heterocycles. The van der Waals surface area contributed by atoms with Crippen LogP contribution in [0.25, 0.3) is 5.65 Å². The van der Waals surface area contributed by atoms with Gasteiger partial charge in [-0.15, -0.1) is 10.2 Å². The number of hydrogen-bond donors (Lipinski definition) is 1. The van der Waals surface area contributed by atoms with E-state index < -0.39 is 5.97 Å². The second-order valence-corrected chi connectivity index (χ2v) is 5.58. The molecule has 7 nitrogen and oxygen atoms in total. The van der Waals surface area contributed by atoms with Crippen molar-refractivity contribution in [3.8, 4) is 0 Å². The fraction of sp³-hybridized carbons (Fsp3) is 0.538. The van der Waals surface area contributed by atoms with Crippen LogP contribution in [-0.4, -0.2) is 42.7 Å². The Balaban J connectivity index is 1.82. The minimum Gasteiger partial charge on any atom is -0.481 e. The summed E-state index contributed by atoms with van der Waals surface area (Å²) in [5, 5.41) is 17.6. The van der Waals surface area contributed by atoms with Crippen molar-refractivity contribution in [3.63, 3.8) is 0 Å². The molecule has 2 aromatic rings. The fourth-order valence-corrected chi connectivity index (χ4v) is 3.69. The van der Waals surface area contributed by atoms with Crippen LogP contribution in [0.15, 0.2) is 12.4 Å². The Kier molecular flexibility index (Phi) is 2.27.